The van der Waals surface area contributed by atoms with E-state index in [2.05, 4.69) is 5.16 Å². The molecule has 3 aromatic heterocycles. The molecule has 0 bridgehead atoms. The van der Waals surface area contributed by atoms with E-state index in [1.165, 1.54) is 10.6 Å². The van der Waals surface area contributed by atoms with Crippen molar-refractivity contribution in [2.75, 3.05) is 6.54 Å². The molecule has 0 atom stereocenters. The van der Waals surface area contributed by atoms with Crippen molar-refractivity contribution in [2.45, 2.75) is 17.3 Å². The molecule has 2 N–H and O–H groups in total. The summed E-state index contributed by atoms with van der Waals surface area (Å²) in [7, 11) is -3.80. The van der Waals surface area contributed by atoms with Crippen LogP contribution in [-0.2, 0) is 23.1 Å². The van der Waals surface area contributed by atoms with Gasteiger partial charge in [-0.3, -0.25) is 4.79 Å². The van der Waals surface area contributed by atoms with Gasteiger partial charge in [0.05, 0.1) is 27.7 Å². The van der Waals surface area contributed by atoms with Crippen molar-refractivity contribution in [1.29, 1.82) is 0 Å². The third kappa shape index (κ3) is 3.36. The largest absolute Gasteiger partial charge is 0.365 e. The lowest BCUT2D eigenvalue weighted by Gasteiger charge is -2.29. The van der Waals surface area contributed by atoms with Crippen LogP contribution in [0.2, 0.25) is 5.02 Å². The first-order chi connectivity index (χ1) is 15.4. The number of sulfonamides is 1. The zero-order chi connectivity index (χ0) is 22.5. The number of carbonyl (C=O) groups excluding carboxylic acids is 1. The van der Waals surface area contributed by atoms with Crippen LogP contribution in [-0.4, -0.2) is 34.9 Å². The predicted molar refractivity (Wildman–Crippen MR) is 121 cm³/mol. The van der Waals surface area contributed by atoms with Gasteiger partial charge in [-0.2, -0.15) is 4.31 Å². The number of rotatable bonds is 5. The van der Waals surface area contributed by atoms with Crippen molar-refractivity contribution in [3.05, 3.63) is 71.1 Å². The summed E-state index contributed by atoms with van der Waals surface area (Å²) in [5.41, 5.74) is 8.34. The highest BCUT2D eigenvalue weighted by molar-refractivity contribution is 7.91. The van der Waals surface area contributed by atoms with E-state index < -0.39 is 15.9 Å². The summed E-state index contributed by atoms with van der Waals surface area (Å²) in [6.45, 7) is 0.563. The number of aromatic nitrogens is 2. The smallest absolute Gasteiger partial charge is 0.252 e. The molecule has 0 unspecified atom stereocenters. The number of thiophene rings is 1. The highest BCUT2D eigenvalue weighted by Crippen LogP contribution is 2.39. The molecule has 0 radical (unpaired) electrons. The summed E-state index contributed by atoms with van der Waals surface area (Å²) < 4.78 is 35.0. The number of nitrogens with zero attached hydrogens (tertiary/aromatic N) is 3. The Labute approximate surface area is 192 Å². The number of primary amides is 1. The van der Waals surface area contributed by atoms with Crippen molar-refractivity contribution in [3.8, 4) is 21.8 Å². The molecule has 11 heteroatoms. The summed E-state index contributed by atoms with van der Waals surface area (Å²) in [5.74, 6) is -0.690. The van der Waals surface area contributed by atoms with E-state index in [0.29, 0.717) is 28.5 Å². The fourth-order valence-corrected chi connectivity index (χ4v) is 7.13. The van der Waals surface area contributed by atoms with Gasteiger partial charge in [0.2, 0.25) is 0 Å². The van der Waals surface area contributed by atoms with Gasteiger partial charge in [-0.15, -0.1) is 11.3 Å². The van der Waals surface area contributed by atoms with Crippen LogP contribution in [0.5, 0.6) is 0 Å². The molecule has 1 aliphatic heterocycles. The summed E-state index contributed by atoms with van der Waals surface area (Å²) in [5, 5.41) is 4.09. The number of amides is 1. The molecule has 5 rings (SSSR count). The van der Waals surface area contributed by atoms with Crippen LogP contribution in [0.3, 0.4) is 0 Å². The molecule has 4 aromatic rings. The molecule has 0 saturated carbocycles. The molecule has 0 aliphatic carbocycles. The van der Waals surface area contributed by atoms with Crippen molar-refractivity contribution in [2.24, 2.45) is 5.73 Å². The van der Waals surface area contributed by atoms with Crippen molar-refractivity contribution in [3.63, 3.8) is 0 Å². The summed E-state index contributed by atoms with van der Waals surface area (Å²) in [4.78, 5) is 12.9. The van der Waals surface area contributed by atoms with Gasteiger partial charge in [0.1, 0.15) is 16.2 Å². The first-order valence-electron chi connectivity index (χ1n) is 9.64. The first kappa shape index (κ1) is 21.0. The molecule has 8 nitrogen and oxygen atoms in total. The SMILES string of the molecule is NC(=O)c1c(Cl)c(-c2ccccc2)n2c1CN(S(=O)(=O)c1ccc(-c3ccon3)s1)CC2. The first-order valence-corrected chi connectivity index (χ1v) is 12.3. The van der Waals surface area contributed by atoms with Gasteiger partial charge in [0.15, 0.2) is 0 Å². The van der Waals surface area contributed by atoms with Crippen molar-refractivity contribution in [1.82, 2.24) is 14.0 Å². The van der Waals surface area contributed by atoms with Gasteiger partial charge < -0.3 is 14.8 Å². The topological polar surface area (TPSA) is 111 Å². The standard InChI is InChI=1S/C21H17ClN4O4S2/c22-19-18(21(23)27)15-12-25(9-10-26(15)20(19)13-4-2-1-3-5-13)32(28,29)17-7-6-16(31-17)14-8-11-30-24-14/h1-8,11H,9-10,12H2,(H2,23,27). The van der Waals surface area contributed by atoms with E-state index in [9.17, 15) is 13.2 Å². The Morgan fingerprint density at radius 2 is 1.91 bits per heavy atom. The lowest BCUT2D eigenvalue weighted by molar-refractivity contribution is 0.0998. The number of fused-ring (bicyclic) bond motifs is 1. The van der Waals surface area contributed by atoms with Crippen LogP contribution in [0.4, 0.5) is 0 Å². The van der Waals surface area contributed by atoms with E-state index >= 15 is 0 Å². The number of carbonyl (C=O) groups is 1. The van der Waals surface area contributed by atoms with Crippen LogP contribution >= 0.6 is 22.9 Å². The summed E-state index contributed by atoms with van der Waals surface area (Å²) in [6, 6.07) is 14.3. The minimum atomic E-state index is -3.80. The lowest BCUT2D eigenvalue weighted by Crippen LogP contribution is -2.38. The van der Waals surface area contributed by atoms with Gasteiger partial charge in [0, 0.05) is 24.8 Å². The Hall–Kier alpha value is -2.92. The van der Waals surface area contributed by atoms with Gasteiger partial charge in [-0.05, 0) is 17.7 Å². The molecule has 32 heavy (non-hydrogen) atoms. The maximum Gasteiger partial charge on any atom is 0.252 e. The second-order valence-electron chi connectivity index (χ2n) is 7.21. The lowest BCUT2D eigenvalue weighted by atomic mass is 10.1. The molecule has 0 fully saturated rings. The Morgan fingerprint density at radius 1 is 1.12 bits per heavy atom. The van der Waals surface area contributed by atoms with Gasteiger partial charge >= 0.3 is 0 Å². The third-order valence-corrected chi connectivity index (χ3v) is 9.16. The number of benzene rings is 1. The van der Waals surface area contributed by atoms with Crippen LogP contribution in [0.1, 0.15) is 16.1 Å². The predicted octanol–water partition coefficient (Wildman–Crippen LogP) is 3.83. The highest BCUT2D eigenvalue weighted by atomic mass is 35.5. The Bertz CT molecular complexity index is 1410. The molecule has 0 saturated heterocycles. The van der Waals surface area contributed by atoms with Crippen LogP contribution in [0.15, 0.2) is 63.5 Å². The van der Waals surface area contributed by atoms with E-state index in [4.69, 9.17) is 21.9 Å². The average Bonchev–Trinajstić information content (AvgIpc) is 3.52. The zero-order valence-corrected chi connectivity index (χ0v) is 19.0. The zero-order valence-electron chi connectivity index (χ0n) is 16.6. The van der Waals surface area contributed by atoms with E-state index in [0.717, 1.165) is 16.9 Å². The normalized spacial score (nSPS) is 14.4. The quantitative estimate of drug-likeness (QED) is 0.459. The summed E-state index contributed by atoms with van der Waals surface area (Å²) in [6.07, 6.45) is 1.43. The molecule has 4 heterocycles. The third-order valence-electron chi connectivity index (χ3n) is 5.37. The number of halogens is 1. The van der Waals surface area contributed by atoms with Crippen LogP contribution in [0.25, 0.3) is 21.8 Å². The van der Waals surface area contributed by atoms with Gasteiger partial charge in [-0.1, -0.05) is 47.1 Å². The molecule has 164 valence electrons. The Balaban J connectivity index is 1.54. The van der Waals surface area contributed by atoms with E-state index in [1.54, 1.807) is 18.2 Å². The Morgan fingerprint density at radius 3 is 2.59 bits per heavy atom. The minimum absolute atomic E-state index is 0.00957. The monoisotopic (exact) mass is 488 g/mol. The molecule has 1 amide bonds. The summed E-state index contributed by atoms with van der Waals surface area (Å²) >= 11 is 7.70. The van der Waals surface area contributed by atoms with Crippen molar-refractivity contribution < 1.29 is 17.7 Å². The Kier molecular flexibility index (Phi) is 5.17. The fraction of sp³-hybridized carbons (Fsp3) is 0.143. The molecule has 1 aliphatic rings. The van der Waals surface area contributed by atoms with E-state index in [1.807, 2.05) is 34.9 Å². The van der Waals surface area contributed by atoms with Crippen LogP contribution in [0, 0.1) is 0 Å². The average molecular weight is 489 g/mol. The van der Waals surface area contributed by atoms with Crippen molar-refractivity contribution >= 4 is 38.9 Å². The second-order valence-corrected chi connectivity index (χ2v) is 10.8. The maximum atomic E-state index is 13.4. The second kappa shape index (κ2) is 7.89. The number of nitrogens with two attached hydrogens (primary N) is 1. The molecule has 1 aromatic carbocycles. The number of hydrogen-bond acceptors (Lipinski definition) is 6. The molecular formula is C21H17ClN4O4S2. The number of hydrogen-bond donors (Lipinski definition) is 1. The van der Waals surface area contributed by atoms with Crippen LogP contribution < -0.4 is 5.73 Å². The van der Waals surface area contributed by atoms with Gasteiger partial charge in [-0.25, -0.2) is 8.42 Å². The molecular weight excluding hydrogens is 472 g/mol. The minimum Gasteiger partial charge on any atom is -0.365 e. The highest BCUT2D eigenvalue weighted by Gasteiger charge is 2.35. The fourth-order valence-electron chi connectivity index (χ4n) is 3.90. The van der Waals surface area contributed by atoms with E-state index in [-0.39, 0.29) is 27.9 Å². The maximum absolute atomic E-state index is 13.4. The van der Waals surface area contributed by atoms with Gasteiger partial charge in [0.25, 0.3) is 15.9 Å². The molecule has 0 spiro atoms.